The molecular formula is C19H20F2N2O4S. The van der Waals surface area contributed by atoms with E-state index in [2.05, 4.69) is 5.32 Å². The lowest BCUT2D eigenvalue weighted by Crippen LogP contribution is -2.41. The van der Waals surface area contributed by atoms with Crippen LogP contribution in [0.3, 0.4) is 0 Å². The molecule has 9 heteroatoms. The normalized spacial score (nSPS) is 15.4. The van der Waals surface area contributed by atoms with Crippen molar-refractivity contribution in [1.29, 1.82) is 0 Å². The number of amides is 1. The molecule has 28 heavy (non-hydrogen) atoms. The summed E-state index contributed by atoms with van der Waals surface area (Å²) >= 11 is 0. The second-order valence-corrected chi connectivity index (χ2v) is 8.17. The zero-order valence-electron chi connectivity index (χ0n) is 15.0. The van der Waals surface area contributed by atoms with Crippen LogP contribution in [0.4, 0.5) is 8.78 Å². The SMILES string of the molecule is O=C(NCCc1ccccc1F)c1ccc(F)c(S(=O)(=O)N2CCOCC2)c1. The van der Waals surface area contributed by atoms with Gasteiger partial charge >= 0.3 is 0 Å². The van der Waals surface area contributed by atoms with Crippen molar-refractivity contribution < 1.29 is 26.7 Å². The molecule has 2 aromatic rings. The predicted molar refractivity (Wildman–Crippen MR) is 98.4 cm³/mol. The van der Waals surface area contributed by atoms with Crippen LogP contribution in [0.25, 0.3) is 0 Å². The highest BCUT2D eigenvalue weighted by molar-refractivity contribution is 7.89. The molecule has 3 rings (SSSR count). The van der Waals surface area contributed by atoms with Gasteiger partial charge in [-0.15, -0.1) is 0 Å². The van der Waals surface area contributed by atoms with Gasteiger partial charge in [0.05, 0.1) is 13.2 Å². The third-order valence-electron chi connectivity index (χ3n) is 4.42. The van der Waals surface area contributed by atoms with E-state index < -0.39 is 26.6 Å². The van der Waals surface area contributed by atoms with E-state index in [-0.39, 0.29) is 50.6 Å². The largest absolute Gasteiger partial charge is 0.379 e. The molecule has 0 unspecified atom stereocenters. The summed E-state index contributed by atoms with van der Waals surface area (Å²) in [7, 11) is -4.07. The molecule has 0 aliphatic carbocycles. The molecule has 1 N–H and O–H groups in total. The second kappa shape index (κ2) is 8.76. The van der Waals surface area contributed by atoms with Crippen molar-refractivity contribution >= 4 is 15.9 Å². The third kappa shape index (κ3) is 4.54. The summed E-state index contributed by atoms with van der Waals surface area (Å²) in [4.78, 5) is 11.8. The Morgan fingerprint density at radius 3 is 2.50 bits per heavy atom. The second-order valence-electron chi connectivity index (χ2n) is 6.26. The lowest BCUT2D eigenvalue weighted by molar-refractivity contribution is 0.0729. The van der Waals surface area contributed by atoms with Crippen LogP contribution in [0.5, 0.6) is 0 Å². The quantitative estimate of drug-likeness (QED) is 0.790. The molecule has 0 spiro atoms. The molecule has 6 nitrogen and oxygen atoms in total. The molecule has 0 aromatic heterocycles. The molecule has 1 heterocycles. The van der Waals surface area contributed by atoms with Crippen LogP contribution in [0.2, 0.25) is 0 Å². The summed E-state index contributed by atoms with van der Waals surface area (Å²) in [6.45, 7) is 0.874. The molecule has 0 atom stereocenters. The first-order valence-electron chi connectivity index (χ1n) is 8.78. The van der Waals surface area contributed by atoms with E-state index in [4.69, 9.17) is 4.74 Å². The third-order valence-corrected chi connectivity index (χ3v) is 6.33. The summed E-state index contributed by atoms with van der Waals surface area (Å²) in [6.07, 6.45) is 0.276. The summed E-state index contributed by atoms with van der Waals surface area (Å²) in [5.41, 5.74) is 0.472. The van der Waals surface area contributed by atoms with Crippen molar-refractivity contribution in [2.75, 3.05) is 32.8 Å². The lowest BCUT2D eigenvalue weighted by atomic mass is 10.1. The van der Waals surface area contributed by atoms with Gasteiger partial charge in [-0.05, 0) is 36.2 Å². The first kappa shape index (κ1) is 20.4. The van der Waals surface area contributed by atoms with E-state index in [0.717, 1.165) is 16.4 Å². The molecule has 0 bridgehead atoms. The summed E-state index contributed by atoms with van der Waals surface area (Å²) < 4.78 is 59.4. The fraction of sp³-hybridized carbons (Fsp3) is 0.316. The number of benzene rings is 2. The van der Waals surface area contributed by atoms with Gasteiger partial charge in [0.2, 0.25) is 10.0 Å². The van der Waals surface area contributed by atoms with Gasteiger partial charge in [0, 0.05) is 25.2 Å². The molecule has 0 radical (unpaired) electrons. The number of carbonyl (C=O) groups excluding carboxylic acids is 1. The summed E-state index contributed by atoms with van der Waals surface area (Å²) in [5, 5.41) is 2.60. The van der Waals surface area contributed by atoms with Crippen molar-refractivity contribution in [3.63, 3.8) is 0 Å². The number of sulfonamides is 1. The predicted octanol–water partition coefficient (Wildman–Crippen LogP) is 1.96. The van der Waals surface area contributed by atoms with E-state index in [1.807, 2.05) is 0 Å². The van der Waals surface area contributed by atoms with Gasteiger partial charge in [0.15, 0.2) is 0 Å². The molecule has 0 saturated carbocycles. The molecule has 1 aliphatic heterocycles. The van der Waals surface area contributed by atoms with Gasteiger partial charge in [0.1, 0.15) is 16.5 Å². The average Bonchev–Trinajstić information content (AvgIpc) is 2.70. The van der Waals surface area contributed by atoms with Crippen molar-refractivity contribution in [3.05, 3.63) is 65.2 Å². The minimum atomic E-state index is -4.07. The zero-order chi connectivity index (χ0) is 20.1. The van der Waals surface area contributed by atoms with Crippen LogP contribution in [0.1, 0.15) is 15.9 Å². The van der Waals surface area contributed by atoms with Crippen LogP contribution < -0.4 is 5.32 Å². The first-order valence-corrected chi connectivity index (χ1v) is 10.2. The molecule has 150 valence electrons. The van der Waals surface area contributed by atoms with Crippen LogP contribution in [-0.2, 0) is 21.2 Å². The Morgan fingerprint density at radius 1 is 1.07 bits per heavy atom. The highest BCUT2D eigenvalue weighted by Gasteiger charge is 2.29. The maximum Gasteiger partial charge on any atom is 0.251 e. The fourth-order valence-electron chi connectivity index (χ4n) is 2.88. The number of nitrogens with one attached hydrogen (secondary N) is 1. The fourth-order valence-corrected chi connectivity index (χ4v) is 4.38. The Morgan fingerprint density at radius 2 is 1.79 bits per heavy atom. The highest BCUT2D eigenvalue weighted by Crippen LogP contribution is 2.22. The number of hydrogen-bond donors (Lipinski definition) is 1. The zero-order valence-corrected chi connectivity index (χ0v) is 15.8. The number of carbonyl (C=O) groups is 1. The molecule has 1 amide bonds. The van der Waals surface area contributed by atoms with Crippen molar-refractivity contribution in [2.45, 2.75) is 11.3 Å². The maximum atomic E-state index is 14.2. The first-order chi connectivity index (χ1) is 13.4. The molecule has 1 saturated heterocycles. The minimum absolute atomic E-state index is 0.0155. The van der Waals surface area contributed by atoms with Crippen molar-refractivity contribution in [2.24, 2.45) is 0 Å². The lowest BCUT2D eigenvalue weighted by Gasteiger charge is -2.26. The van der Waals surface area contributed by atoms with E-state index in [0.29, 0.717) is 5.56 Å². The van der Waals surface area contributed by atoms with E-state index in [1.165, 1.54) is 12.1 Å². The number of ether oxygens (including phenoxy) is 1. The number of hydrogen-bond acceptors (Lipinski definition) is 4. The Labute approximate surface area is 162 Å². The Kier molecular flexibility index (Phi) is 6.38. The van der Waals surface area contributed by atoms with Gasteiger partial charge in [-0.1, -0.05) is 18.2 Å². The molecular weight excluding hydrogens is 390 g/mol. The molecule has 1 fully saturated rings. The van der Waals surface area contributed by atoms with Crippen LogP contribution in [0, 0.1) is 11.6 Å². The number of morpholine rings is 1. The van der Waals surface area contributed by atoms with E-state index in [1.54, 1.807) is 18.2 Å². The molecule has 1 aliphatic rings. The topological polar surface area (TPSA) is 75.7 Å². The van der Waals surface area contributed by atoms with Crippen LogP contribution >= 0.6 is 0 Å². The van der Waals surface area contributed by atoms with Crippen LogP contribution in [0.15, 0.2) is 47.4 Å². The summed E-state index contributed by atoms with van der Waals surface area (Å²) in [6, 6.07) is 9.42. The monoisotopic (exact) mass is 410 g/mol. The summed E-state index contributed by atoms with van der Waals surface area (Å²) in [5.74, 6) is -1.85. The highest BCUT2D eigenvalue weighted by atomic mass is 32.2. The maximum absolute atomic E-state index is 14.2. The van der Waals surface area contributed by atoms with Crippen LogP contribution in [-0.4, -0.2) is 51.5 Å². The van der Waals surface area contributed by atoms with Crippen molar-refractivity contribution in [3.8, 4) is 0 Å². The van der Waals surface area contributed by atoms with Gasteiger partial charge in [-0.25, -0.2) is 17.2 Å². The Balaban J connectivity index is 1.71. The van der Waals surface area contributed by atoms with E-state index in [9.17, 15) is 22.0 Å². The van der Waals surface area contributed by atoms with Gasteiger partial charge in [0.25, 0.3) is 5.91 Å². The number of nitrogens with zero attached hydrogens (tertiary/aromatic N) is 1. The van der Waals surface area contributed by atoms with Gasteiger partial charge < -0.3 is 10.1 Å². The van der Waals surface area contributed by atoms with E-state index >= 15 is 0 Å². The number of rotatable bonds is 6. The molecule has 2 aromatic carbocycles. The van der Waals surface area contributed by atoms with Gasteiger partial charge in [-0.3, -0.25) is 4.79 Å². The Bertz CT molecular complexity index is 960. The average molecular weight is 410 g/mol. The minimum Gasteiger partial charge on any atom is -0.379 e. The van der Waals surface area contributed by atoms with Crippen molar-refractivity contribution in [1.82, 2.24) is 9.62 Å². The Hall–Kier alpha value is -2.36. The number of halogens is 2. The van der Waals surface area contributed by atoms with Gasteiger partial charge in [-0.2, -0.15) is 4.31 Å². The standard InChI is InChI=1S/C19H20F2N2O4S/c20-16-4-2-1-3-14(16)7-8-22-19(24)15-5-6-17(21)18(13-15)28(25,26)23-9-11-27-12-10-23/h1-6,13H,7-12H2,(H,22,24). The smallest absolute Gasteiger partial charge is 0.251 e.